The average molecular weight is 452 g/mol. The van der Waals surface area contributed by atoms with E-state index in [0.29, 0.717) is 17.1 Å². The van der Waals surface area contributed by atoms with Crippen molar-refractivity contribution in [3.8, 4) is 17.2 Å². The van der Waals surface area contributed by atoms with Crippen LogP contribution in [0.25, 0.3) is 22.2 Å². The van der Waals surface area contributed by atoms with Crippen LogP contribution in [0.1, 0.15) is 35.4 Å². The van der Waals surface area contributed by atoms with Gasteiger partial charge in [0.05, 0.1) is 23.5 Å². The van der Waals surface area contributed by atoms with Crippen LogP contribution in [0.5, 0.6) is 0 Å². The monoisotopic (exact) mass is 451 g/mol. The molecule has 8 heteroatoms. The Hall–Kier alpha value is -4.38. The fourth-order valence-electron chi connectivity index (χ4n) is 4.74. The Balaban J connectivity index is 1.41. The zero-order valence-corrected chi connectivity index (χ0v) is 19.0. The van der Waals surface area contributed by atoms with Crippen LogP contribution in [0.15, 0.2) is 61.7 Å². The number of hydrogen-bond acceptors (Lipinski definition) is 5. The van der Waals surface area contributed by atoms with Gasteiger partial charge in [-0.25, -0.2) is 4.52 Å². The van der Waals surface area contributed by atoms with Gasteiger partial charge in [-0.3, -0.25) is 9.48 Å². The molecule has 1 fully saturated rings. The second-order valence-electron chi connectivity index (χ2n) is 8.70. The number of carbonyl (C=O) groups excluding carboxylic acids is 1. The maximum atomic E-state index is 11.4. The largest absolute Gasteiger partial charge is 0.371 e. The predicted molar refractivity (Wildman–Crippen MR) is 131 cm³/mol. The Kier molecular flexibility index (Phi) is 5.38. The topological polar surface area (TPSA) is 105 Å². The van der Waals surface area contributed by atoms with E-state index in [4.69, 9.17) is 5.73 Å². The first-order valence-corrected chi connectivity index (χ1v) is 11.2. The van der Waals surface area contributed by atoms with Crippen molar-refractivity contribution < 1.29 is 4.79 Å². The van der Waals surface area contributed by atoms with Crippen molar-refractivity contribution in [1.29, 1.82) is 5.26 Å². The van der Waals surface area contributed by atoms with Crippen LogP contribution in [0.4, 0.5) is 5.69 Å². The minimum Gasteiger partial charge on any atom is -0.371 e. The van der Waals surface area contributed by atoms with E-state index in [9.17, 15) is 10.1 Å². The van der Waals surface area contributed by atoms with Crippen LogP contribution < -0.4 is 10.6 Å². The normalized spacial score (nSPS) is 14.3. The van der Waals surface area contributed by atoms with Gasteiger partial charge >= 0.3 is 0 Å². The number of aryl methyl sites for hydroxylation is 1. The van der Waals surface area contributed by atoms with Gasteiger partial charge in [-0.15, -0.1) is 0 Å². The van der Waals surface area contributed by atoms with Crippen molar-refractivity contribution >= 4 is 22.7 Å². The summed E-state index contributed by atoms with van der Waals surface area (Å²) < 4.78 is 3.61. The summed E-state index contributed by atoms with van der Waals surface area (Å²) in [5, 5.41) is 18.4. The molecule has 0 radical (unpaired) electrons. The highest BCUT2D eigenvalue weighted by Gasteiger charge is 2.25. The van der Waals surface area contributed by atoms with Crippen molar-refractivity contribution in [1.82, 2.24) is 19.4 Å². The van der Waals surface area contributed by atoms with Gasteiger partial charge in [-0.05, 0) is 48.1 Å². The quantitative estimate of drug-likeness (QED) is 0.468. The molecule has 2 N–H and O–H groups in total. The number of fused-ring (bicyclic) bond motifs is 1. The van der Waals surface area contributed by atoms with Crippen LogP contribution in [0.3, 0.4) is 0 Å². The van der Waals surface area contributed by atoms with Gasteiger partial charge in [0.25, 0.3) is 0 Å². The Morgan fingerprint density at radius 2 is 1.85 bits per heavy atom. The summed E-state index contributed by atoms with van der Waals surface area (Å²) in [6, 6.07) is 12.3. The molecule has 0 saturated carbocycles. The maximum absolute atomic E-state index is 11.4. The maximum Gasteiger partial charge on any atom is 0.248 e. The van der Waals surface area contributed by atoms with E-state index < -0.39 is 5.91 Å². The summed E-state index contributed by atoms with van der Waals surface area (Å²) in [7, 11) is 1.90. The first kappa shape index (κ1) is 21.5. The van der Waals surface area contributed by atoms with Gasteiger partial charge in [0.15, 0.2) is 0 Å². The SMILES string of the molecule is C=C(C(N)=O)c1ccc(N2CCC(c3cc(-c4cnn(C)c4)cn4ncc(C#N)c34)CC2)cc1. The molecule has 0 aliphatic carbocycles. The molecule has 170 valence electrons. The van der Waals surface area contributed by atoms with Crippen LogP contribution in [-0.4, -0.2) is 38.4 Å². The number of benzene rings is 1. The zero-order chi connectivity index (χ0) is 23.8. The van der Waals surface area contributed by atoms with Crippen molar-refractivity contribution in [3.05, 3.63) is 78.4 Å². The number of nitriles is 1. The van der Waals surface area contributed by atoms with E-state index in [2.05, 4.69) is 33.8 Å². The third-order valence-electron chi connectivity index (χ3n) is 6.61. The highest BCUT2D eigenvalue weighted by Crippen LogP contribution is 2.36. The lowest BCUT2D eigenvalue weighted by Gasteiger charge is -2.34. The summed E-state index contributed by atoms with van der Waals surface area (Å²) in [6.45, 7) is 5.53. The second kappa shape index (κ2) is 8.52. The molecule has 0 unspecified atom stereocenters. The number of nitrogens with zero attached hydrogens (tertiary/aromatic N) is 6. The molecule has 1 saturated heterocycles. The van der Waals surface area contributed by atoms with E-state index >= 15 is 0 Å². The summed E-state index contributed by atoms with van der Waals surface area (Å²) in [6.07, 6.45) is 9.35. The van der Waals surface area contributed by atoms with E-state index in [0.717, 1.165) is 59.4 Å². The molecule has 4 aromatic rings. The molecule has 1 aromatic carbocycles. The molecule has 1 amide bonds. The van der Waals surface area contributed by atoms with Crippen molar-refractivity contribution in [2.24, 2.45) is 12.8 Å². The Morgan fingerprint density at radius 1 is 1.12 bits per heavy atom. The number of aromatic nitrogens is 4. The Bertz CT molecular complexity index is 1430. The summed E-state index contributed by atoms with van der Waals surface area (Å²) in [5.41, 5.74) is 12.2. The van der Waals surface area contributed by atoms with Crippen molar-refractivity contribution in [2.75, 3.05) is 18.0 Å². The second-order valence-corrected chi connectivity index (χ2v) is 8.70. The number of nitrogens with two attached hydrogens (primary N) is 1. The van der Waals surface area contributed by atoms with Gasteiger partial charge in [0.2, 0.25) is 5.91 Å². The van der Waals surface area contributed by atoms with E-state index in [1.807, 2.05) is 54.4 Å². The van der Waals surface area contributed by atoms with Gasteiger partial charge in [0.1, 0.15) is 6.07 Å². The molecule has 4 heterocycles. The van der Waals surface area contributed by atoms with Gasteiger partial charge < -0.3 is 10.6 Å². The first-order chi connectivity index (χ1) is 16.4. The van der Waals surface area contributed by atoms with Crippen LogP contribution in [0, 0.1) is 11.3 Å². The van der Waals surface area contributed by atoms with Crippen LogP contribution >= 0.6 is 0 Å². The number of amides is 1. The van der Waals surface area contributed by atoms with Gasteiger partial charge in [-0.2, -0.15) is 15.5 Å². The fourth-order valence-corrected chi connectivity index (χ4v) is 4.74. The lowest BCUT2D eigenvalue weighted by molar-refractivity contribution is -0.112. The van der Waals surface area contributed by atoms with Crippen LogP contribution in [-0.2, 0) is 11.8 Å². The Labute approximate surface area is 197 Å². The Morgan fingerprint density at radius 3 is 2.47 bits per heavy atom. The van der Waals surface area contributed by atoms with E-state index in [1.54, 1.807) is 10.9 Å². The summed E-state index contributed by atoms with van der Waals surface area (Å²) >= 11 is 0. The highest BCUT2D eigenvalue weighted by molar-refractivity contribution is 6.17. The average Bonchev–Trinajstić information content (AvgIpc) is 3.49. The molecular formula is C26H25N7O. The molecule has 34 heavy (non-hydrogen) atoms. The molecule has 0 bridgehead atoms. The number of carbonyl (C=O) groups is 1. The summed E-state index contributed by atoms with van der Waals surface area (Å²) in [5.74, 6) is -0.196. The molecule has 8 nitrogen and oxygen atoms in total. The molecule has 0 atom stereocenters. The number of anilines is 1. The lowest BCUT2D eigenvalue weighted by Crippen LogP contribution is -2.33. The molecular weight excluding hydrogens is 426 g/mol. The molecule has 5 rings (SSSR count). The number of piperidine rings is 1. The lowest BCUT2D eigenvalue weighted by atomic mass is 9.87. The number of pyridine rings is 1. The molecule has 3 aromatic heterocycles. The summed E-state index contributed by atoms with van der Waals surface area (Å²) in [4.78, 5) is 13.7. The zero-order valence-electron chi connectivity index (χ0n) is 19.0. The fraction of sp³-hybridized carbons (Fsp3) is 0.231. The number of hydrogen-bond donors (Lipinski definition) is 1. The van der Waals surface area contributed by atoms with Crippen molar-refractivity contribution in [3.63, 3.8) is 0 Å². The third kappa shape index (κ3) is 3.82. The van der Waals surface area contributed by atoms with Gasteiger partial charge in [-0.1, -0.05) is 18.7 Å². The van der Waals surface area contributed by atoms with Gasteiger partial charge in [0, 0.05) is 54.9 Å². The smallest absolute Gasteiger partial charge is 0.248 e. The van der Waals surface area contributed by atoms with Crippen molar-refractivity contribution in [2.45, 2.75) is 18.8 Å². The minimum absolute atomic E-state index is 0.313. The molecule has 0 spiro atoms. The third-order valence-corrected chi connectivity index (χ3v) is 6.61. The van der Waals surface area contributed by atoms with Crippen LogP contribution in [0.2, 0.25) is 0 Å². The number of primary amides is 1. The standard InChI is InChI=1S/C26H25N7O/c1-17(26(28)34)18-3-5-23(6-4-18)32-9-7-19(8-10-32)24-11-20(22-14-29-31(2)15-22)16-33-25(24)21(12-27)13-30-33/h3-6,11,13-16,19H,1,7-10H2,2H3,(H2,28,34). The molecule has 1 aliphatic rings. The first-order valence-electron chi connectivity index (χ1n) is 11.2. The number of rotatable bonds is 5. The minimum atomic E-state index is -0.509. The predicted octanol–water partition coefficient (Wildman–Crippen LogP) is 3.49. The molecule has 1 aliphatic heterocycles. The van der Waals surface area contributed by atoms with E-state index in [-0.39, 0.29) is 0 Å². The highest BCUT2D eigenvalue weighted by atomic mass is 16.1. The van der Waals surface area contributed by atoms with E-state index in [1.165, 1.54) is 0 Å².